The topological polar surface area (TPSA) is 93.7 Å². The van der Waals surface area contributed by atoms with Gasteiger partial charge < -0.3 is 4.74 Å². The molecule has 102 valence electrons. The van der Waals surface area contributed by atoms with Crippen LogP contribution >= 0.6 is 0 Å². The molecule has 0 aliphatic rings. The molecule has 0 saturated carbocycles. The number of carbonyl (C=O) groups excluding carboxylic acids is 1. The molecule has 7 heteroatoms. The zero-order valence-electron chi connectivity index (χ0n) is 11.4. The molecule has 0 bridgehead atoms. The highest BCUT2D eigenvalue weighted by atomic mass is 16.5. The normalized spacial score (nSPS) is 10.1. The van der Waals surface area contributed by atoms with Crippen molar-refractivity contribution in [1.29, 1.82) is 5.26 Å². The van der Waals surface area contributed by atoms with E-state index in [2.05, 4.69) is 21.4 Å². The molecule has 0 N–H and O–H groups in total. The summed E-state index contributed by atoms with van der Waals surface area (Å²) in [6, 6.07) is 2.09. The van der Waals surface area contributed by atoms with Crippen molar-refractivity contribution in [1.82, 2.24) is 20.0 Å². The third-order valence-electron chi connectivity index (χ3n) is 2.86. The van der Waals surface area contributed by atoms with Crippen LogP contribution in [0.5, 0.6) is 0 Å². The molecule has 2 rings (SSSR count). The van der Waals surface area contributed by atoms with E-state index in [0.717, 1.165) is 5.56 Å². The fourth-order valence-corrected chi connectivity index (χ4v) is 1.65. The van der Waals surface area contributed by atoms with Crippen LogP contribution in [0.15, 0.2) is 12.4 Å². The number of rotatable bonds is 3. The first-order chi connectivity index (χ1) is 9.58. The van der Waals surface area contributed by atoms with Gasteiger partial charge in [-0.1, -0.05) is 0 Å². The maximum absolute atomic E-state index is 11.6. The molecular weight excluding hydrogens is 258 g/mol. The van der Waals surface area contributed by atoms with Crippen LogP contribution in [0.25, 0.3) is 5.82 Å². The lowest BCUT2D eigenvalue weighted by Gasteiger charge is -2.06. The van der Waals surface area contributed by atoms with Crippen molar-refractivity contribution in [2.45, 2.75) is 20.8 Å². The summed E-state index contributed by atoms with van der Waals surface area (Å²) < 4.78 is 6.23. The number of esters is 1. The minimum absolute atomic E-state index is 0.289. The van der Waals surface area contributed by atoms with Crippen LogP contribution in [0.2, 0.25) is 0 Å². The third kappa shape index (κ3) is 2.36. The van der Waals surface area contributed by atoms with E-state index >= 15 is 0 Å². The molecule has 0 radical (unpaired) electrons. The number of nitriles is 1. The van der Waals surface area contributed by atoms with Crippen LogP contribution in [0.3, 0.4) is 0 Å². The van der Waals surface area contributed by atoms with Crippen LogP contribution in [-0.2, 0) is 4.74 Å². The van der Waals surface area contributed by atoms with Gasteiger partial charge in [0, 0.05) is 6.20 Å². The number of carbonyl (C=O) groups is 1. The zero-order valence-corrected chi connectivity index (χ0v) is 11.4. The van der Waals surface area contributed by atoms with Crippen molar-refractivity contribution in [3.63, 3.8) is 0 Å². The van der Waals surface area contributed by atoms with Gasteiger partial charge in [0.2, 0.25) is 0 Å². The van der Waals surface area contributed by atoms with Gasteiger partial charge in [-0.05, 0) is 26.3 Å². The first-order valence-corrected chi connectivity index (χ1v) is 6.04. The lowest BCUT2D eigenvalue weighted by atomic mass is 10.1. The molecule has 0 aromatic carbocycles. The Bertz CT molecular complexity index is 699. The quantitative estimate of drug-likeness (QED) is 0.782. The predicted octanol–water partition coefficient (Wildman–Crippen LogP) is 1.33. The van der Waals surface area contributed by atoms with Gasteiger partial charge in [-0.2, -0.15) is 15.5 Å². The average molecular weight is 271 g/mol. The van der Waals surface area contributed by atoms with Gasteiger partial charge in [0.1, 0.15) is 11.6 Å². The smallest absolute Gasteiger partial charge is 0.341 e. The molecule has 2 heterocycles. The van der Waals surface area contributed by atoms with Gasteiger partial charge in [0.25, 0.3) is 0 Å². The van der Waals surface area contributed by atoms with Crippen LogP contribution in [-0.4, -0.2) is 32.6 Å². The summed E-state index contributed by atoms with van der Waals surface area (Å²) in [7, 11) is 0. The maximum Gasteiger partial charge on any atom is 0.341 e. The highest BCUT2D eigenvalue weighted by molar-refractivity contribution is 5.88. The molecule has 0 unspecified atom stereocenters. The second-order valence-corrected chi connectivity index (χ2v) is 4.11. The molecule has 2 aromatic heterocycles. The summed E-state index contributed by atoms with van der Waals surface area (Å²) in [5, 5.41) is 21.2. The van der Waals surface area contributed by atoms with Gasteiger partial charge in [-0.3, -0.25) is 0 Å². The summed E-state index contributed by atoms with van der Waals surface area (Å²) in [5.74, 6) is -0.166. The molecule has 0 aliphatic carbocycles. The van der Waals surface area contributed by atoms with E-state index in [-0.39, 0.29) is 6.61 Å². The van der Waals surface area contributed by atoms with Gasteiger partial charge in [-0.25, -0.2) is 9.48 Å². The van der Waals surface area contributed by atoms with Gasteiger partial charge in [-0.15, -0.1) is 5.10 Å². The standard InChI is InChI=1S/C13H13N5O2/c1-4-20-13(19)10-6-15-18(7-10)12-11(5-14)8(2)9(3)16-17-12/h6-7H,4H2,1-3H3. The van der Waals surface area contributed by atoms with E-state index in [1.165, 1.54) is 17.1 Å². The van der Waals surface area contributed by atoms with Crippen molar-refractivity contribution >= 4 is 5.97 Å². The number of nitrogens with zero attached hydrogens (tertiary/aromatic N) is 5. The summed E-state index contributed by atoms with van der Waals surface area (Å²) in [6.45, 7) is 5.59. The Morgan fingerprint density at radius 3 is 2.85 bits per heavy atom. The monoisotopic (exact) mass is 271 g/mol. The van der Waals surface area contributed by atoms with Crippen molar-refractivity contribution < 1.29 is 9.53 Å². The average Bonchev–Trinajstić information content (AvgIpc) is 2.91. The molecular formula is C13H13N5O2. The maximum atomic E-state index is 11.6. The van der Waals surface area contributed by atoms with Crippen molar-refractivity contribution in [3.8, 4) is 11.9 Å². The first-order valence-electron chi connectivity index (χ1n) is 6.04. The molecule has 7 nitrogen and oxygen atoms in total. The predicted molar refractivity (Wildman–Crippen MR) is 69.3 cm³/mol. The summed E-state index contributed by atoms with van der Waals surface area (Å²) in [5.41, 5.74) is 2.11. The van der Waals surface area contributed by atoms with E-state index in [1.54, 1.807) is 20.8 Å². The van der Waals surface area contributed by atoms with Crippen LogP contribution in [0.4, 0.5) is 0 Å². The summed E-state index contributed by atoms with van der Waals surface area (Å²) >= 11 is 0. The number of hydrogen-bond donors (Lipinski definition) is 0. The minimum atomic E-state index is -0.464. The minimum Gasteiger partial charge on any atom is -0.462 e. The molecule has 2 aromatic rings. The molecule has 0 amide bonds. The second-order valence-electron chi connectivity index (χ2n) is 4.11. The third-order valence-corrected chi connectivity index (χ3v) is 2.86. The Balaban J connectivity index is 2.46. The SMILES string of the molecule is CCOC(=O)c1cnn(-c2nnc(C)c(C)c2C#N)c1. The molecule has 0 fully saturated rings. The number of aromatic nitrogens is 4. The Labute approximate surface area is 115 Å². The Morgan fingerprint density at radius 1 is 1.45 bits per heavy atom. The lowest BCUT2D eigenvalue weighted by Crippen LogP contribution is -2.07. The van der Waals surface area contributed by atoms with Crippen molar-refractivity contribution in [2.75, 3.05) is 6.61 Å². The van der Waals surface area contributed by atoms with Crippen LogP contribution < -0.4 is 0 Å². The van der Waals surface area contributed by atoms with Gasteiger partial charge >= 0.3 is 5.97 Å². The fraction of sp³-hybridized carbons (Fsp3) is 0.308. The van der Waals surface area contributed by atoms with Gasteiger partial charge in [0.05, 0.1) is 24.1 Å². The van der Waals surface area contributed by atoms with E-state index in [4.69, 9.17) is 4.74 Å². The van der Waals surface area contributed by atoms with E-state index in [0.29, 0.717) is 22.6 Å². The Kier molecular flexibility index (Phi) is 3.75. The number of hydrogen-bond acceptors (Lipinski definition) is 6. The highest BCUT2D eigenvalue weighted by Gasteiger charge is 2.16. The Morgan fingerprint density at radius 2 is 2.20 bits per heavy atom. The first kappa shape index (κ1) is 13.7. The Hall–Kier alpha value is -2.75. The van der Waals surface area contributed by atoms with E-state index in [1.807, 2.05) is 0 Å². The molecule has 0 saturated heterocycles. The van der Waals surface area contributed by atoms with Gasteiger partial charge in [0.15, 0.2) is 5.82 Å². The number of aryl methyl sites for hydroxylation is 1. The molecule has 0 atom stereocenters. The highest BCUT2D eigenvalue weighted by Crippen LogP contribution is 2.16. The zero-order chi connectivity index (χ0) is 14.7. The number of ether oxygens (including phenoxy) is 1. The largest absolute Gasteiger partial charge is 0.462 e. The molecule has 20 heavy (non-hydrogen) atoms. The van der Waals surface area contributed by atoms with Crippen molar-refractivity contribution in [2.24, 2.45) is 0 Å². The molecule has 0 spiro atoms. The lowest BCUT2D eigenvalue weighted by molar-refractivity contribution is 0.0526. The fourth-order valence-electron chi connectivity index (χ4n) is 1.65. The van der Waals surface area contributed by atoms with Crippen LogP contribution in [0, 0.1) is 25.2 Å². The van der Waals surface area contributed by atoms with E-state index < -0.39 is 5.97 Å². The van der Waals surface area contributed by atoms with Crippen molar-refractivity contribution in [3.05, 3.63) is 34.8 Å². The van der Waals surface area contributed by atoms with E-state index in [9.17, 15) is 10.1 Å². The van der Waals surface area contributed by atoms with Crippen LogP contribution in [0.1, 0.15) is 34.1 Å². The summed E-state index contributed by atoms with van der Waals surface area (Å²) in [6.07, 6.45) is 2.84. The second kappa shape index (κ2) is 5.48. The summed E-state index contributed by atoms with van der Waals surface area (Å²) in [4.78, 5) is 11.6. The molecule has 0 aliphatic heterocycles.